The number of anilines is 2. The maximum atomic E-state index is 14.4. The lowest BCUT2D eigenvalue weighted by atomic mass is 9.98. The number of para-hydroxylation sites is 2. The van der Waals surface area contributed by atoms with Crippen LogP contribution in [0.4, 0.5) is 16.2 Å². The maximum Gasteiger partial charge on any atom is 0.349 e. The molecular weight excluding hydrogens is 494 g/mol. The zero-order valence-electron chi connectivity index (χ0n) is 23.4. The summed E-state index contributed by atoms with van der Waals surface area (Å²) in [5.41, 5.74) is 5.38. The zero-order chi connectivity index (χ0) is 27.6. The second-order valence-electron chi connectivity index (χ2n) is 10.3. The molecule has 0 bridgehead atoms. The number of carbonyl (C=O) groups is 1. The number of urea groups is 1. The van der Waals surface area contributed by atoms with Crippen LogP contribution < -0.4 is 9.80 Å². The Labute approximate surface area is 238 Å². The fourth-order valence-corrected chi connectivity index (χ4v) is 5.38. The van der Waals surface area contributed by atoms with E-state index in [0.717, 1.165) is 41.9 Å². The molecule has 1 atom stereocenters. The van der Waals surface area contributed by atoms with Crippen LogP contribution in [0.25, 0.3) is 0 Å². The van der Waals surface area contributed by atoms with Crippen molar-refractivity contribution in [3.8, 4) is 0 Å². The van der Waals surface area contributed by atoms with Gasteiger partial charge in [0, 0.05) is 37.4 Å². The van der Waals surface area contributed by atoms with Crippen molar-refractivity contribution >= 4 is 17.4 Å². The Balaban J connectivity index is 1.45. The molecule has 5 heteroatoms. The molecule has 1 aliphatic heterocycles. The highest BCUT2D eigenvalue weighted by Gasteiger charge is 2.36. The Morgan fingerprint density at radius 1 is 0.775 bits per heavy atom. The smallest absolute Gasteiger partial charge is 0.349 e. The molecule has 1 heterocycles. The third-order valence-corrected chi connectivity index (χ3v) is 7.54. The highest BCUT2D eigenvalue weighted by molar-refractivity contribution is 5.93. The van der Waals surface area contributed by atoms with E-state index in [1.165, 1.54) is 18.5 Å². The van der Waals surface area contributed by atoms with E-state index in [0.29, 0.717) is 19.6 Å². The lowest BCUT2D eigenvalue weighted by Crippen LogP contribution is -2.46. The van der Waals surface area contributed by atoms with E-state index in [2.05, 4.69) is 66.4 Å². The minimum Gasteiger partial charge on any atom is -0.370 e. The summed E-state index contributed by atoms with van der Waals surface area (Å²) in [5, 5.41) is 1.62. The summed E-state index contributed by atoms with van der Waals surface area (Å²) in [4.78, 5) is 25.1. The van der Waals surface area contributed by atoms with Crippen molar-refractivity contribution in [2.24, 2.45) is 0 Å². The van der Waals surface area contributed by atoms with Crippen LogP contribution >= 0.6 is 0 Å². The first-order chi connectivity index (χ1) is 19.7. The Morgan fingerprint density at radius 3 is 2.15 bits per heavy atom. The minimum absolute atomic E-state index is 0.128. The number of unbranched alkanes of at least 4 members (excludes halogenated alkanes) is 2. The van der Waals surface area contributed by atoms with Crippen molar-refractivity contribution in [3.63, 3.8) is 0 Å². The fraction of sp³-hybridized carbons (Fsp3) is 0.286. The number of hydroxylamine groups is 2. The average Bonchev–Trinajstić information content (AvgIpc) is 3.13. The van der Waals surface area contributed by atoms with Crippen molar-refractivity contribution < 1.29 is 9.63 Å². The van der Waals surface area contributed by atoms with E-state index in [4.69, 9.17) is 4.84 Å². The highest BCUT2D eigenvalue weighted by Crippen LogP contribution is 2.36. The van der Waals surface area contributed by atoms with Crippen LogP contribution in [0, 0.1) is 0 Å². The van der Waals surface area contributed by atoms with E-state index in [9.17, 15) is 4.79 Å². The minimum atomic E-state index is -0.238. The third-order valence-electron chi connectivity index (χ3n) is 7.54. The summed E-state index contributed by atoms with van der Waals surface area (Å²) in [6.07, 6.45) is 4.16. The second kappa shape index (κ2) is 13.8. The third kappa shape index (κ3) is 6.72. The maximum absolute atomic E-state index is 14.4. The summed E-state index contributed by atoms with van der Waals surface area (Å²) >= 11 is 0. The van der Waals surface area contributed by atoms with Gasteiger partial charge in [-0.05, 0) is 41.3 Å². The van der Waals surface area contributed by atoms with Crippen LogP contribution in [0.2, 0.25) is 0 Å². The van der Waals surface area contributed by atoms with Crippen molar-refractivity contribution in [2.75, 3.05) is 29.4 Å². The van der Waals surface area contributed by atoms with Gasteiger partial charge in [0.15, 0.2) is 0 Å². The molecule has 0 spiro atoms. The predicted molar refractivity (Wildman–Crippen MR) is 163 cm³/mol. The first kappa shape index (κ1) is 27.5. The molecule has 40 heavy (non-hydrogen) atoms. The Bertz CT molecular complexity index is 1330. The van der Waals surface area contributed by atoms with Crippen LogP contribution in [0.1, 0.15) is 48.9 Å². The Morgan fingerprint density at radius 2 is 1.43 bits per heavy atom. The number of fused-ring (bicyclic) bond motifs is 1. The summed E-state index contributed by atoms with van der Waals surface area (Å²) in [6.45, 7) is 4.81. The van der Waals surface area contributed by atoms with Crippen molar-refractivity contribution in [3.05, 3.63) is 132 Å². The van der Waals surface area contributed by atoms with Gasteiger partial charge < -0.3 is 4.90 Å². The van der Waals surface area contributed by atoms with Crippen molar-refractivity contribution in [1.82, 2.24) is 5.06 Å². The van der Waals surface area contributed by atoms with Crippen molar-refractivity contribution in [1.29, 1.82) is 0 Å². The van der Waals surface area contributed by atoms with E-state index in [1.807, 2.05) is 65.6 Å². The standard InChI is InChI=1S/C35H39N3O2/c1-2-3-15-24-36(32-21-11-6-12-22-32)25-26-37-33-23-14-13-20-31(33)27-34(30-18-9-5-10-19-30)38(35(37)39)40-28-29-16-7-4-8-17-29/h4-14,16-23,34H,2-3,15,24-28H2,1H3. The van der Waals surface area contributed by atoms with Crippen LogP contribution in [0.3, 0.4) is 0 Å². The highest BCUT2D eigenvalue weighted by atomic mass is 16.7. The van der Waals surface area contributed by atoms with Gasteiger partial charge in [-0.1, -0.05) is 117 Å². The van der Waals surface area contributed by atoms with Gasteiger partial charge in [0.25, 0.3) is 0 Å². The van der Waals surface area contributed by atoms with Gasteiger partial charge >= 0.3 is 6.03 Å². The first-order valence-electron chi connectivity index (χ1n) is 14.4. The lowest BCUT2D eigenvalue weighted by Gasteiger charge is -2.34. The Hall–Kier alpha value is -4.09. The molecule has 1 unspecified atom stereocenters. The molecule has 5 rings (SSSR count). The molecule has 0 aromatic heterocycles. The number of benzene rings is 4. The van der Waals surface area contributed by atoms with E-state index < -0.39 is 0 Å². The lowest BCUT2D eigenvalue weighted by molar-refractivity contribution is -0.153. The van der Waals surface area contributed by atoms with Gasteiger partial charge in [0.1, 0.15) is 6.61 Å². The molecule has 5 nitrogen and oxygen atoms in total. The number of carbonyl (C=O) groups excluding carboxylic acids is 1. The zero-order valence-corrected chi connectivity index (χ0v) is 23.4. The number of rotatable bonds is 12. The molecule has 4 aromatic carbocycles. The van der Waals surface area contributed by atoms with Crippen LogP contribution in [-0.2, 0) is 17.9 Å². The van der Waals surface area contributed by atoms with E-state index >= 15 is 0 Å². The molecule has 0 N–H and O–H groups in total. The predicted octanol–water partition coefficient (Wildman–Crippen LogP) is 8.04. The summed E-state index contributed by atoms with van der Waals surface area (Å²) < 4.78 is 0. The van der Waals surface area contributed by atoms with E-state index in [1.54, 1.807) is 5.06 Å². The molecule has 2 amide bonds. The van der Waals surface area contributed by atoms with E-state index in [-0.39, 0.29) is 12.1 Å². The van der Waals surface area contributed by atoms with Crippen LogP contribution in [0.5, 0.6) is 0 Å². The SMILES string of the molecule is CCCCCN(CCN1C(=O)N(OCc2ccccc2)C(c2ccccc2)Cc2ccccc21)c1ccccc1. The van der Waals surface area contributed by atoms with Gasteiger partial charge in [0.2, 0.25) is 0 Å². The van der Waals surface area contributed by atoms with Crippen LogP contribution in [-0.4, -0.2) is 30.7 Å². The quantitative estimate of drug-likeness (QED) is 0.173. The molecule has 206 valence electrons. The summed E-state index contributed by atoms with van der Waals surface area (Å²) in [5.74, 6) is 0. The number of amides is 2. The second-order valence-corrected chi connectivity index (χ2v) is 10.3. The number of hydrogen-bond acceptors (Lipinski definition) is 3. The van der Waals surface area contributed by atoms with Gasteiger partial charge in [-0.15, -0.1) is 0 Å². The molecular formula is C35H39N3O2. The number of hydrogen-bond donors (Lipinski definition) is 0. The fourth-order valence-electron chi connectivity index (χ4n) is 5.38. The molecule has 0 aliphatic carbocycles. The van der Waals surface area contributed by atoms with Gasteiger partial charge in [0.05, 0.1) is 6.04 Å². The van der Waals surface area contributed by atoms with Crippen LogP contribution in [0.15, 0.2) is 115 Å². The Kier molecular flexibility index (Phi) is 9.49. The molecule has 1 aliphatic rings. The molecule has 0 saturated heterocycles. The molecule has 4 aromatic rings. The van der Waals surface area contributed by atoms with Crippen molar-refractivity contribution in [2.45, 2.75) is 45.3 Å². The normalized spacial score (nSPS) is 15.0. The summed E-state index contributed by atoms with van der Waals surface area (Å²) in [7, 11) is 0. The molecule has 0 radical (unpaired) electrons. The van der Waals surface area contributed by atoms with Gasteiger partial charge in [-0.25, -0.2) is 4.79 Å². The van der Waals surface area contributed by atoms with Gasteiger partial charge in [-0.3, -0.25) is 9.74 Å². The number of nitrogens with zero attached hydrogens (tertiary/aromatic N) is 3. The average molecular weight is 534 g/mol. The molecule has 0 saturated carbocycles. The summed E-state index contributed by atoms with van der Waals surface area (Å²) in [6, 6.07) is 38.7. The monoisotopic (exact) mass is 533 g/mol. The largest absolute Gasteiger partial charge is 0.370 e. The topological polar surface area (TPSA) is 36.0 Å². The van der Waals surface area contributed by atoms with Gasteiger partial charge in [-0.2, -0.15) is 5.06 Å². The molecule has 0 fully saturated rings. The first-order valence-corrected chi connectivity index (χ1v) is 14.4.